The maximum absolute atomic E-state index is 5.98. The van der Waals surface area contributed by atoms with E-state index in [2.05, 4.69) is 32.6 Å². The van der Waals surface area contributed by atoms with Crippen LogP contribution in [0.3, 0.4) is 0 Å². The maximum atomic E-state index is 5.98. The Balaban J connectivity index is 2.27. The third-order valence-electron chi connectivity index (χ3n) is 1.99. The number of rotatable bonds is 2. The van der Waals surface area contributed by atoms with E-state index in [4.69, 9.17) is 11.6 Å². The van der Waals surface area contributed by atoms with Gasteiger partial charge in [-0.25, -0.2) is 4.98 Å². The van der Waals surface area contributed by atoms with Crippen LogP contribution in [0.1, 0.15) is 11.1 Å². The number of hydrogen-bond acceptors (Lipinski definition) is 2. The quantitative estimate of drug-likeness (QED) is 0.611. The first kappa shape index (κ1) is 11.5. The van der Waals surface area contributed by atoms with Gasteiger partial charge in [0.2, 0.25) is 0 Å². The molecule has 0 aliphatic heterocycles. The second kappa shape index (κ2) is 5.41. The Morgan fingerprint density at radius 3 is 2.69 bits per heavy atom. The van der Waals surface area contributed by atoms with Gasteiger partial charge in [0.15, 0.2) is 0 Å². The van der Waals surface area contributed by atoms with Gasteiger partial charge < -0.3 is 0 Å². The number of nitrogens with zero attached hydrogens (tertiary/aromatic N) is 2. The summed E-state index contributed by atoms with van der Waals surface area (Å²) < 4.78 is 1.07. The van der Waals surface area contributed by atoms with Crippen LogP contribution < -0.4 is 0 Å². The molecule has 0 atom stereocenters. The van der Waals surface area contributed by atoms with Gasteiger partial charge in [0.05, 0.1) is 0 Å². The molecular formula is C12H8ClIN2. The van der Waals surface area contributed by atoms with Crippen LogP contribution >= 0.6 is 34.2 Å². The minimum absolute atomic E-state index is 0.519. The van der Waals surface area contributed by atoms with Crippen molar-refractivity contribution in [2.24, 2.45) is 0 Å². The molecule has 0 N–H and O–H groups in total. The zero-order valence-corrected chi connectivity index (χ0v) is 11.2. The van der Waals surface area contributed by atoms with Crippen LogP contribution in [0.2, 0.25) is 5.15 Å². The molecule has 0 radical (unpaired) electrons. The van der Waals surface area contributed by atoms with Gasteiger partial charge in [-0.1, -0.05) is 23.8 Å². The van der Waals surface area contributed by atoms with Gasteiger partial charge >= 0.3 is 0 Å². The van der Waals surface area contributed by atoms with E-state index in [1.54, 1.807) is 18.6 Å². The van der Waals surface area contributed by atoms with Crippen LogP contribution in [0.4, 0.5) is 0 Å². The standard InChI is InChI=1S/C12H8ClIN2/c13-12-10(7-11(14)8-16-12)2-1-9-3-5-15-6-4-9/h1-8H. The van der Waals surface area contributed by atoms with Crippen molar-refractivity contribution in [1.29, 1.82) is 0 Å². The number of hydrogen-bond donors (Lipinski definition) is 0. The van der Waals surface area contributed by atoms with Gasteiger partial charge in [0, 0.05) is 27.7 Å². The van der Waals surface area contributed by atoms with Crippen molar-refractivity contribution < 1.29 is 0 Å². The van der Waals surface area contributed by atoms with Crippen LogP contribution in [0, 0.1) is 3.57 Å². The van der Waals surface area contributed by atoms with Crippen LogP contribution in [0.15, 0.2) is 36.8 Å². The highest BCUT2D eigenvalue weighted by Gasteiger charge is 1.98. The summed E-state index contributed by atoms with van der Waals surface area (Å²) in [6.45, 7) is 0. The van der Waals surface area contributed by atoms with Crippen molar-refractivity contribution >= 4 is 46.3 Å². The highest BCUT2D eigenvalue weighted by atomic mass is 127. The molecule has 2 aromatic rings. The molecule has 0 bridgehead atoms. The summed E-state index contributed by atoms with van der Waals surface area (Å²) in [5.41, 5.74) is 2.01. The molecule has 2 heterocycles. The fourth-order valence-electron chi connectivity index (χ4n) is 1.22. The minimum atomic E-state index is 0.519. The second-order valence-corrected chi connectivity index (χ2v) is 4.75. The number of pyridine rings is 2. The third kappa shape index (κ3) is 3.02. The lowest BCUT2D eigenvalue weighted by Gasteiger charge is -1.98. The van der Waals surface area contributed by atoms with E-state index in [0.29, 0.717) is 5.15 Å². The van der Waals surface area contributed by atoms with Crippen molar-refractivity contribution in [2.75, 3.05) is 0 Å². The summed E-state index contributed by atoms with van der Waals surface area (Å²) in [5.74, 6) is 0. The Kier molecular flexibility index (Phi) is 3.90. The Bertz CT molecular complexity index is 512. The van der Waals surface area contributed by atoms with E-state index in [1.807, 2.05) is 30.4 Å². The molecule has 0 aromatic carbocycles. The topological polar surface area (TPSA) is 25.8 Å². The van der Waals surface area contributed by atoms with E-state index in [-0.39, 0.29) is 0 Å². The number of halogens is 2. The predicted octanol–water partition coefficient (Wildman–Crippen LogP) is 3.91. The fraction of sp³-hybridized carbons (Fsp3) is 0. The van der Waals surface area contributed by atoms with Gasteiger partial charge in [-0.05, 0) is 46.4 Å². The monoisotopic (exact) mass is 342 g/mol. The first-order valence-corrected chi connectivity index (χ1v) is 6.10. The van der Waals surface area contributed by atoms with E-state index in [9.17, 15) is 0 Å². The van der Waals surface area contributed by atoms with Gasteiger partial charge in [-0.15, -0.1) is 0 Å². The van der Waals surface area contributed by atoms with E-state index in [1.165, 1.54) is 0 Å². The first-order chi connectivity index (χ1) is 7.75. The lowest BCUT2D eigenvalue weighted by Crippen LogP contribution is -1.82. The van der Waals surface area contributed by atoms with Crippen molar-refractivity contribution in [2.45, 2.75) is 0 Å². The van der Waals surface area contributed by atoms with E-state index >= 15 is 0 Å². The van der Waals surface area contributed by atoms with Crippen LogP contribution in [-0.2, 0) is 0 Å². The minimum Gasteiger partial charge on any atom is -0.265 e. The highest BCUT2D eigenvalue weighted by molar-refractivity contribution is 14.1. The summed E-state index contributed by atoms with van der Waals surface area (Å²) in [6.07, 6.45) is 9.20. The summed E-state index contributed by atoms with van der Waals surface area (Å²) in [5, 5.41) is 0.519. The molecule has 0 aliphatic carbocycles. The van der Waals surface area contributed by atoms with Gasteiger partial charge in [0.1, 0.15) is 5.15 Å². The fourth-order valence-corrected chi connectivity index (χ4v) is 1.86. The van der Waals surface area contributed by atoms with Crippen LogP contribution in [0.25, 0.3) is 12.2 Å². The summed E-state index contributed by atoms with van der Waals surface area (Å²) in [6, 6.07) is 5.87. The zero-order valence-electron chi connectivity index (χ0n) is 8.27. The maximum Gasteiger partial charge on any atom is 0.136 e. The average molecular weight is 343 g/mol. The van der Waals surface area contributed by atoms with Crippen LogP contribution in [-0.4, -0.2) is 9.97 Å². The molecule has 0 unspecified atom stereocenters. The molecule has 2 aromatic heterocycles. The van der Waals surface area contributed by atoms with Crippen molar-refractivity contribution in [1.82, 2.24) is 9.97 Å². The largest absolute Gasteiger partial charge is 0.265 e. The normalized spacial score (nSPS) is 10.9. The molecule has 2 nitrogen and oxygen atoms in total. The van der Waals surface area contributed by atoms with Crippen molar-refractivity contribution in [3.63, 3.8) is 0 Å². The Hall–Kier alpha value is -0.940. The van der Waals surface area contributed by atoms with Crippen molar-refractivity contribution in [3.8, 4) is 0 Å². The molecule has 0 saturated carbocycles. The Labute approximate surface area is 113 Å². The van der Waals surface area contributed by atoms with Crippen LogP contribution in [0.5, 0.6) is 0 Å². The van der Waals surface area contributed by atoms with Crippen molar-refractivity contribution in [3.05, 3.63) is 56.6 Å². The zero-order chi connectivity index (χ0) is 11.4. The van der Waals surface area contributed by atoms with E-state index in [0.717, 1.165) is 14.7 Å². The Morgan fingerprint density at radius 2 is 1.94 bits per heavy atom. The SMILES string of the molecule is Clc1ncc(I)cc1C=Cc1ccncc1. The molecule has 0 aliphatic rings. The smallest absolute Gasteiger partial charge is 0.136 e. The molecule has 2 rings (SSSR count). The molecule has 0 amide bonds. The highest BCUT2D eigenvalue weighted by Crippen LogP contribution is 2.18. The lowest BCUT2D eigenvalue weighted by molar-refractivity contribution is 1.29. The van der Waals surface area contributed by atoms with E-state index < -0.39 is 0 Å². The molecule has 0 saturated heterocycles. The molecular weight excluding hydrogens is 335 g/mol. The molecule has 80 valence electrons. The van der Waals surface area contributed by atoms with Gasteiger partial charge in [0.25, 0.3) is 0 Å². The lowest BCUT2D eigenvalue weighted by atomic mass is 10.2. The molecule has 0 spiro atoms. The average Bonchev–Trinajstić information content (AvgIpc) is 2.32. The predicted molar refractivity (Wildman–Crippen MR) is 75.1 cm³/mol. The summed E-state index contributed by atoms with van der Waals surface area (Å²) in [4.78, 5) is 8.04. The Morgan fingerprint density at radius 1 is 1.19 bits per heavy atom. The number of aromatic nitrogens is 2. The third-order valence-corrected chi connectivity index (χ3v) is 2.90. The van der Waals surface area contributed by atoms with Gasteiger partial charge in [-0.3, -0.25) is 4.98 Å². The molecule has 16 heavy (non-hydrogen) atoms. The van der Waals surface area contributed by atoms with Gasteiger partial charge in [-0.2, -0.15) is 0 Å². The first-order valence-electron chi connectivity index (χ1n) is 4.65. The molecule has 4 heteroatoms. The molecule has 0 fully saturated rings. The summed E-state index contributed by atoms with van der Waals surface area (Å²) in [7, 11) is 0. The second-order valence-electron chi connectivity index (χ2n) is 3.15. The summed E-state index contributed by atoms with van der Waals surface area (Å²) >= 11 is 8.20.